The number of hydrogen-bond acceptors (Lipinski definition) is 3. The van der Waals surface area contributed by atoms with Gasteiger partial charge >= 0.3 is 0 Å². The second-order valence-electron chi connectivity index (χ2n) is 6.06. The van der Waals surface area contributed by atoms with Crippen LogP contribution in [0.3, 0.4) is 0 Å². The molecule has 2 aromatic carbocycles. The Morgan fingerprint density at radius 3 is 2.71 bits per heavy atom. The van der Waals surface area contributed by atoms with Crippen LogP contribution < -0.4 is 9.47 Å². The number of benzene rings is 2. The van der Waals surface area contributed by atoms with E-state index < -0.39 is 6.10 Å². The summed E-state index contributed by atoms with van der Waals surface area (Å²) in [5, 5.41) is 10.2. The number of aliphatic hydroxyl groups is 1. The molecule has 1 aliphatic rings. The molecule has 0 saturated heterocycles. The minimum Gasteiger partial charge on any atom is -0.489 e. The molecule has 0 spiro atoms. The van der Waals surface area contributed by atoms with E-state index >= 15 is 0 Å². The Morgan fingerprint density at radius 1 is 1.19 bits per heavy atom. The Balaban J connectivity index is 1.77. The monoisotopic (exact) mass is 284 g/mol. The normalized spacial score (nSPS) is 19.5. The molecule has 3 rings (SSSR count). The molecule has 1 unspecified atom stereocenters. The van der Waals surface area contributed by atoms with E-state index in [0.29, 0.717) is 18.8 Å². The van der Waals surface area contributed by atoms with Crippen LogP contribution in [0, 0.1) is 0 Å². The Labute approximate surface area is 125 Å². The Bertz CT molecular complexity index is 620. The highest BCUT2D eigenvalue weighted by Crippen LogP contribution is 2.41. The Morgan fingerprint density at radius 2 is 1.95 bits per heavy atom. The average molecular weight is 284 g/mol. The lowest BCUT2D eigenvalue weighted by atomic mass is 9.92. The average Bonchev–Trinajstić information content (AvgIpc) is 2.44. The molecule has 0 bridgehead atoms. The molecular weight excluding hydrogens is 264 g/mol. The third kappa shape index (κ3) is 3.19. The van der Waals surface area contributed by atoms with Crippen molar-refractivity contribution in [2.75, 3.05) is 0 Å². The van der Waals surface area contributed by atoms with Gasteiger partial charge in [-0.15, -0.1) is 0 Å². The summed E-state index contributed by atoms with van der Waals surface area (Å²) in [5.74, 6) is 1.46. The van der Waals surface area contributed by atoms with Gasteiger partial charge in [0.05, 0.1) is 6.10 Å². The fraction of sp³-hybridized carbons (Fsp3) is 0.333. The van der Waals surface area contributed by atoms with Crippen molar-refractivity contribution in [1.82, 2.24) is 0 Å². The first-order valence-electron chi connectivity index (χ1n) is 7.21. The zero-order valence-electron chi connectivity index (χ0n) is 12.4. The van der Waals surface area contributed by atoms with Gasteiger partial charge in [0.1, 0.15) is 23.7 Å². The maximum Gasteiger partial charge on any atom is 0.129 e. The molecule has 1 aliphatic heterocycles. The molecule has 0 radical (unpaired) electrons. The summed E-state index contributed by atoms with van der Waals surface area (Å²) in [5.41, 5.74) is 1.60. The summed E-state index contributed by atoms with van der Waals surface area (Å²) >= 11 is 0. The minimum absolute atomic E-state index is 0.357. The molecule has 21 heavy (non-hydrogen) atoms. The fourth-order valence-corrected chi connectivity index (χ4v) is 2.62. The molecular formula is C18H20O3. The van der Waals surface area contributed by atoms with Crippen LogP contribution in [-0.2, 0) is 6.61 Å². The summed E-state index contributed by atoms with van der Waals surface area (Å²) in [6, 6.07) is 15.7. The van der Waals surface area contributed by atoms with Crippen molar-refractivity contribution < 1.29 is 14.6 Å². The van der Waals surface area contributed by atoms with E-state index in [1.807, 2.05) is 62.4 Å². The largest absolute Gasteiger partial charge is 0.489 e. The van der Waals surface area contributed by atoms with Crippen LogP contribution in [0.2, 0.25) is 0 Å². The van der Waals surface area contributed by atoms with Gasteiger partial charge in [-0.05, 0) is 31.5 Å². The van der Waals surface area contributed by atoms with Crippen molar-refractivity contribution in [1.29, 1.82) is 0 Å². The molecule has 0 amide bonds. The van der Waals surface area contributed by atoms with Gasteiger partial charge in [0.25, 0.3) is 0 Å². The molecule has 0 aliphatic carbocycles. The zero-order valence-corrected chi connectivity index (χ0v) is 12.4. The van der Waals surface area contributed by atoms with Gasteiger partial charge < -0.3 is 14.6 Å². The molecule has 110 valence electrons. The van der Waals surface area contributed by atoms with Gasteiger partial charge in [0.15, 0.2) is 0 Å². The molecule has 0 aromatic heterocycles. The summed E-state index contributed by atoms with van der Waals surface area (Å²) in [4.78, 5) is 0. The second-order valence-corrected chi connectivity index (χ2v) is 6.06. The summed E-state index contributed by atoms with van der Waals surface area (Å²) < 4.78 is 11.7. The third-order valence-corrected chi connectivity index (χ3v) is 3.66. The Hall–Kier alpha value is -2.00. The molecule has 1 atom stereocenters. The van der Waals surface area contributed by atoms with Crippen molar-refractivity contribution in [2.24, 2.45) is 0 Å². The van der Waals surface area contributed by atoms with Gasteiger partial charge in [-0.3, -0.25) is 0 Å². The lowest BCUT2D eigenvalue weighted by Crippen LogP contribution is -2.34. The fourth-order valence-electron chi connectivity index (χ4n) is 2.62. The van der Waals surface area contributed by atoms with Gasteiger partial charge in [0, 0.05) is 18.1 Å². The molecule has 3 heteroatoms. The van der Waals surface area contributed by atoms with Gasteiger partial charge in [-0.25, -0.2) is 0 Å². The third-order valence-electron chi connectivity index (χ3n) is 3.66. The number of ether oxygens (including phenoxy) is 2. The van der Waals surface area contributed by atoms with Crippen molar-refractivity contribution in [2.45, 2.75) is 38.6 Å². The quantitative estimate of drug-likeness (QED) is 0.930. The summed E-state index contributed by atoms with van der Waals surface area (Å²) in [7, 11) is 0. The highest BCUT2D eigenvalue weighted by Gasteiger charge is 2.32. The smallest absolute Gasteiger partial charge is 0.129 e. The van der Waals surface area contributed by atoms with Gasteiger partial charge in [0.2, 0.25) is 0 Å². The SMILES string of the molecule is CC1(C)CC(O)c2ccc(OCc3ccccc3)cc2O1. The number of hydrogen-bond donors (Lipinski definition) is 1. The van der Waals surface area contributed by atoms with Crippen LogP contribution in [-0.4, -0.2) is 10.7 Å². The topological polar surface area (TPSA) is 38.7 Å². The van der Waals surface area contributed by atoms with E-state index in [-0.39, 0.29) is 5.60 Å². The van der Waals surface area contributed by atoms with Crippen LogP contribution in [0.4, 0.5) is 0 Å². The van der Waals surface area contributed by atoms with E-state index in [4.69, 9.17) is 9.47 Å². The van der Waals surface area contributed by atoms with E-state index in [0.717, 1.165) is 16.9 Å². The maximum absolute atomic E-state index is 10.2. The first-order chi connectivity index (χ1) is 10.0. The van der Waals surface area contributed by atoms with Crippen molar-refractivity contribution >= 4 is 0 Å². The number of rotatable bonds is 3. The van der Waals surface area contributed by atoms with Crippen molar-refractivity contribution in [3.05, 3.63) is 59.7 Å². The first kappa shape index (κ1) is 14.0. The molecule has 2 aromatic rings. The Kier molecular flexibility index (Phi) is 3.60. The molecule has 1 heterocycles. The van der Waals surface area contributed by atoms with Crippen LogP contribution in [0.25, 0.3) is 0 Å². The predicted octanol–water partition coefficient (Wildman–Crippen LogP) is 3.86. The second kappa shape index (κ2) is 5.41. The van der Waals surface area contributed by atoms with Gasteiger partial charge in [-0.2, -0.15) is 0 Å². The predicted molar refractivity (Wildman–Crippen MR) is 81.5 cm³/mol. The summed E-state index contributed by atoms with van der Waals surface area (Å²) in [6.45, 7) is 4.49. The highest BCUT2D eigenvalue weighted by molar-refractivity contribution is 5.44. The zero-order chi connectivity index (χ0) is 14.9. The lowest BCUT2D eigenvalue weighted by molar-refractivity contribution is 0.0113. The molecule has 3 nitrogen and oxygen atoms in total. The number of fused-ring (bicyclic) bond motifs is 1. The molecule has 0 fully saturated rings. The van der Waals surface area contributed by atoms with Crippen molar-refractivity contribution in [3.8, 4) is 11.5 Å². The number of aliphatic hydroxyl groups excluding tert-OH is 1. The van der Waals surface area contributed by atoms with Crippen LogP contribution in [0.15, 0.2) is 48.5 Å². The molecule has 0 saturated carbocycles. The highest BCUT2D eigenvalue weighted by atomic mass is 16.5. The van der Waals surface area contributed by atoms with Crippen LogP contribution in [0.1, 0.15) is 37.5 Å². The maximum atomic E-state index is 10.2. The van der Waals surface area contributed by atoms with Gasteiger partial charge in [-0.1, -0.05) is 30.3 Å². The van der Waals surface area contributed by atoms with E-state index in [9.17, 15) is 5.11 Å². The standard InChI is InChI=1S/C18H20O3/c1-18(2)11-16(19)15-9-8-14(10-17(15)21-18)20-12-13-6-4-3-5-7-13/h3-10,16,19H,11-12H2,1-2H3. The molecule has 1 N–H and O–H groups in total. The summed E-state index contributed by atoms with van der Waals surface area (Å²) in [6.07, 6.45) is 0.122. The first-order valence-corrected chi connectivity index (χ1v) is 7.21. The van der Waals surface area contributed by atoms with E-state index in [2.05, 4.69) is 0 Å². The van der Waals surface area contributed by atoms with Crippen molar-refractivity contribution in [3.63, 3.8) is 0 Å². The van der Waals surface area contributed by atoms with Crippen LogP contribution in [0.5, 0.6) is 11.5 Å². The van der Waals surface area contributed by atoms with E-state index in [1.54, 1.807) is 0 Å². The lowest BCUT2D eigenvalue weighted by Gasteiger charge is -2.35. The van der Waals surface area contributed by atoms with Crippen LogP contribution >= 0.6 is 0 Å². The van der Waals surface area contributed by atoms with E-state index in [1.165, 1.54) is 0 Å². The minimum atomic E-state index is -0.480.